The smallest absolute Gasteiger partial charge is 0.353 e. The second-order valence-corrected chi connectivity index (χ2v) is 9.41. The highest BCUT2D eigenvalue weighted by atomic mass is 32.2. The lowest BCUT2D eigenvalue weighted by Crippen LogP contribution is -2.44. The van der Waals surface area contributed by atoms with E-state index in [0.717, 1.165) is 54.4 Å². The van der Waals surface area contributed by atoms with Gasteiger partial charge in [-0.2, -0.15) is 13.2 Å². The first-order valence-electron chi connectivity index (χ1n) is 10.0. The van der Waals surface area contributed by atoms with Crippen LogP contribution in [0.3, 0.4) is 0 Å². The summed E-state index contributed by atoms with van der Waals surface area (Å²) in [5.41, 5.74) is 0.213. The summed E-state index contributed by atoms with van der Waals surface area (Å²) >= 11 is 0. The molecular weight excluding hydrogens is 441 g/mol. The zero-order valence-corrected chi connectivity index (χ0v) is 17.6. The normalized spacial score (nSPS) is 15.5. The van der Waals surface area contributed by atoms with E-state index >= 15 is 0 Å². The van der Waals surface area contributed by atoms with E-state index in [1.165, 1.54) is 6.20 Å². The molecule has 6 nitrogen and oxygen atoms in total. The monoisotopic (exact) mass is 460 g/mol. The molecule has 166 valence electrons. The van der Waals surface area contributed by atoms with Gasteiger partial charge in [0.25, 0.3) is 10.0 Å². The molecule has 0 radical (unpaired) electrons. The van der Waals surface area contributed by atoms with Crippen LogP contribution >= 0.6 is 0 Å². The van der Waals surface area contributed by atoms with Crippen LogP contribution in [0, 0.1) is 0 Å². The van der Waals surface area contributed by atoms with Gasteiger partial charge in [0.05, 0.1) is 21.5 Å². The van der Waals surface area contributed by atoms with E-state index in [9.17, 15) is 21.6 Å². The van der Waals surface area contributed by atoms with Crippen molar-refractivity contribution in [1.82, 2.24) is 14.3 Å². The van der Waals surface area contributed by atoms with Crippen LogP contribution in [0.25, 0.3) is 21.8 Å². The van der Waals surface area contributed by atoms with Gasteiger partial charge in [-0.05, 0) is 36.4 Å². The first kappa shape index (κ1) is 20.8. The molecule has 1 aliphatic heterocycles. The fraction of sp³-hybridized carbons (Fsp3) is 0.227. The minimum Gasteiger partial charge on any atom is -0.353 e. The van der Waals surface area contributed by atoms with Gasteiger partial charge >= 0.3 is 6.18 Å². The first-order valence-corrected chi connectivity index (χ1v) is 11.5. The number of benzene rings is 2. The molecule has 0 spiro atoms. The van der Waals surface area contributed by atoms with E-state index < -0.39 is 21.8 Å². The highest BCUT2D eigenvalue weighted by Gasteiger charge is 2.31. The van der Waals surface area contributed by atoms with Gasteiger partial charge in [0.2, 0.25) is 0 Å². The van der Waals surface area contributed by atoms with Crippen molar-refractivity contribution in [2.24, 2.45) is 0 Å². The predicted molar refractivity (Wildman–Crippen MR) is 116 cm³/mol. The Kier molecular flexibility index (Phi) is 4.86. The third-order valence-corrected chi connectivity index (χ3v) is 7.32. The van der Waals surface area contributed by atoms with Crippen molar-refractivity contribution in [1.29, 1.82) is 0 Å². The van der Waals surface area contributed by atoms with Crippen LogP contribution in [0.15, 0.2) is 65.7 Å². The van der Waals surface area contributed by atoms with Crippen LogP contribution in [0.5, 0.6) is 0 Å². The molecule has 1 saturated heterocycles. The number of para-hydroxylation sites is 1. The van der Waals surface area contributed by atoms with Crippen molar-refractivity contribution in [3.05, 3.63) is 66.4 Å². The van der Waals surface area contributed by atoms with Gasteiger partial charge in [0, 0.05) is 43.1 Å². The third kappa shape index (κ3) is 3.39. The number of hydrogen-bond acceptors (Lipinski definition) is 5. The van der Waals surface area contributed by atoms with Gasteiger partial charge in [-0.25, -0.2) is 17.4 Å². The van der Waals surface area contributed by atoms with Gasteiger partial charge < -0.3 is 10.2 Å². The molecule has 0 amide bonds. The molecule has 4 aromatic rings. The van der Waals surface area contributed by atoms with Crippen LogP contribution in [-0.2, 0) is 16.2 Å². The zero-order chi connectivity index (χ0) is 22.5. The fourth-order valence-electron chi connectivity index (χ4n) is 4.05. The van der Waals surface area contributed by atoms with Crippen LogP contribution in [0.2, 0.25) is 0 Å². The molecule has 10 heteroatoms. The van der Waals surface area contributed by atoms with E-state index in [4.69, 9.17) is 4.98 Å². The number of nitrogens with zero attached hydrogens (tertiary/aromatic N) is 3. The molecule has 1 N–H and O–H groups in total. The molecule has 1 fully saturated rings. The lowest BCUT2D eigenvalue weighted by molar-refractivity contribution is -0.137. The summed E-state index contributed by atoms with van der Waals surface area (Å²) in [5, 5.41) is 4.62. The molecule has 0 atom stereocenters. The van der Waals surface area contributed by atoms with Gasteiger partial charge in [-0.1, -0.05) is 18.2 Å². The fourth-order valence-corrected chi connectivity index (χ4v) is 5.42. The topological polar surface area (TPSA) is 67.2 Å². The van der Waals surface area contributed by atoms with Crippen LogP contribution in [-0.4, -0.2) is 43.6 Å². The van der Waals surface area contributed by atoms with Gasteiger partial charge in [0.15, 0.2) is 0 Å². The molecule has 0 bridgehead atoms. The lowest BCUT2D eigenvalue weighted by Gasteiger charge is -2.29. The number of pyridine rings is 1. The van der Waals surface area contributed by atoms with E-state index in [0.29, 0.717) is 27.6 Å². The van der Waals surface area contributed by atoms with Crippen molar-refractivity contribution in [3.63, 3.8) is 0 Å². The van der Waals surface area contributed by atoms with Crippen molar-refractivity contribution < 1.29 is 21.6 Å². The number of hydrogen-bond donors (Lipinski definition) is 1. The Labute approximate surface area is 182 Å². The van der Waals surface area contributed by atoms with Crippen molar-refractivity contribution in [2.45, 2.75) is 11.1 Å². The number of anilines is 1. The maximum absolute atomic E-state index is 13.4. The van der Waals surface area contributed by atoms with E-state index in [2.05, 4.69) is 10.2 Å². The number of aromatic nitrogens is 2. The number of nitrogens with one attached hydrogen (secondary N) is 1. The number of alkyl halides is 3. The Bertz CT molecular complexity index is 1410. The average molecular weight is 460 g/mol. The van der Waals surface area contributed by atoms with Crippen LogP contribution in [0.4, 0.5) is 19.0 Å². The summed E-state index contributed by atoms with van der Waals surface area (Å²) in [6.45, 7) is 3.05. The highest BCUT2D eigenvalue weighted by molar-refractivity contribution is 7.90. The SMILES string of the molecule is O=S(=O)(c1ccc(C(F)(F)F)cc1)n1ccc2c(N3CCNCC3)nc3ccccc3c21. The molecule has 5 rings (SSSR count). The molecule has 0 unspecified atom stereocenters. The van der Waals surface area contributed by atoms with E-state index in [1.807, 2.05) is 12.1 Å². The number of fused-ring (bicyclic) bond motifs is 3. The summed E-state index contributed by atoms with van der Waals surface area (Å²) in [6.07, 6.45) is -3.10. The molecular formula is C22H19F3N4O2S. The summed E-state index contributed by atoms with van der Waals surface area (Å²) in [6, 6.07) is 12.5. The molecule has 32 heavy (non-hydrogen) atoms. The minimum absolute atomic E-state index is 0.215. The van der Waals surface area contributed by atoms with Crippen LogP contribution < -0.4 is 10.2 Å². The first-order chi connectivity index (χ1) is 15.3. The van der Waals surface area contributed by atoms with Gasteiger partial charge in [0.1, 0.15) is 5.82 Å². The van der Waals surface area contributed by atoms with Crippen molar-refractivity contribution >= 4 is 37.6 Å². The van der Waals surface area contributed by atoms with Crippen molar-refractivity contribution in [3.8, 4) is 0 Å². The molecule has 2 aromatic carbocycles. The quantitative estimate of drug-likeness (QED) is 0.503. The molecule has 2 aromatic heterocycles. The summed E-state index contributed by atoms with van der Waals surface area (Å²) in [5.74, 6) is 0.696. The molecule has 1 aliphatic rings. The Morgan fingerprint density at radius 2 is 1.59 bits per heavy atom. The Morgan fingerprint density at radius 1 is 0.906 bits per heavy atom. The number of halogens is 3. The second-order valence-electron chi connectivity index (χ2n) is 7.59. The zero-order valence-electron chi connectivity index (χ0n) is 16.8. The molecule has 0 aliphatic carbocycles. The standard InChI is InChI=1S/C22H19F3N4O2S/c23-22(24,25)15-5-7-16(8-6-15)32(30,31)29-12-9-18-20(29)17-3-1-2-4-19(17)27-21(18)28-13-10-26-11-14-28/h1-9,12,26H,10-11,13-14H2. The largest absolute Gasteiger partial charge is 0.416 e. The Hall–Kier alpha value is -3.11. The number of piperazine rings is 1. The van der Waals surface area contributed by atoms with Gasteiger partial charge in [-0.15, -0.1) is 0 Å². The minimum atomic E-state index is -4.54. The lowest BCUT2D eigenvalue weighted by atomic mass is 10.1. The highest BCUT2D eigenvalue weighted by Crippen LogP contribution is 2.35. The molecule has 3 heterocycles. The van der Waals surface area contributed by atoms with Crippen LogP contribution in [0.1, 0.15) is 5.56 Å². The average Bonchev–Trinajstić information content (AvgIpc) is 3.25. The van der Waals surface area contributed by atoms with E-state index in [-0.39, 0.29) is 4.90 Å². The second kappa shape index (κ2) is 7.49. The third-order valence-electron chi connectivity index (χ3n) is 5.63. The summed E-state index contributed by atoms with van der Waals surface area (Å²) in [4.78, 5) is 6.70. The predicted octanol–water partition coefficient (Wildman–Crippen LogP) is 3.85. The Balaban J connectivity index is 1.72. The van der Waals surface area contributed by atoms with E-state index in [1.54, 1.807) is 18.2 Å². The Morgan fingerprint density at radius 3 is 2.28 bits per heavy atom. The maximum Gasteiger partial charge on any atom is 0.416 e. The number of rotatable bonds is 3. The summed E-state index contributed by atoms with van der Waals surface area (Å²) < 4.78 is 66.8. The maximum atomic E-state index is 13.4. The van der Waals surface area contributed by atoms with Crippen molar-refractivity contribution in [2.75, 3.05) is 31.1 Å². The summed E-state index contributed by atoms with van der Waals surface area (Å²) in [7, 11) is -4.13. The molecule has 0 saturated carbocycles. The van der Waals surface area contributed by atoms with Gasteiger partial charge in [-0.3, -0.25) is 0 Å².